The Balaban J connectivity index is 1.83. The van der Waals surface area contributed by atoms with Gasteiger partial charge in [-0.25, -0.2) is 9.59 Å². The SMILES string of the molecule is CC(=O)O[C@H](CC1=C(O)C(=O)OC1)[C@]1(C)[C@H]2CCC=C(C)[C@]2(C)[C@@H](OC(=O)c2cccnc2)[C@H](O)[C@]1(C)O. The number of fused-ring (bicyclic) bond motifs is 1. The topological polar surface area (TPSA) is 152 Å². The van der Waals surface area contributed by atoms with Gasteiger partial charge in [-0.15, -0.1) is 0 Å². The molecule has 4 rings (SSSR count). The van der Waals surface area contributed by atoms with Gasteiger partial charge in [-0.1, -0.05) is 25.5 Å². The molecule has 1 aliphatic heterocycles. The number of allylic oxidation sites excluding steroid dienone is 1. The smallest absolute Gasteiger partial charge is 0.373 e. The minimum atomic E-state index is -1.94. The van der Waals surface area contributed by atoms with E-state index < -0.39 is 64.3 Å². The lowest BCUT2D eigenvalue weighted by molar-refractivity contribution is -0.291. The molecule has 0 saturated heterocycles. The standard InChI is InChI=1S/C28H35NO9/c1-15-8-6-10-19-26(15,3)23(38-24(33)17-9-7-11-29-13-17)22(32)28(5,35)27(19,4)20(37-16(2)30)12-18-14-36-25(34)21(18)31/h7-9,11,13,19-20,22-23,31-32,35H,6,10,12,14H2,1-5H3/t19-,20+,22-,23-,26-,27-,28-/m0/s1. The Morgan fingerprint density at radius 2 is 2.00 bits per heavy atom. The number of cyclic esters (lactones) is 1. The number of aromatic nitrogens is 1. The first-order valence-corrected chi connectivity index (χ1v) is 12.7. The van der Waals surface area contributed by atoms with Gasteiger partial charge in [0, 0.05) is 42.1 Å². The van der Waals surface area contributed by atoms with E-state index in [9.17, 15) is 29.7 Å². The van der Waals surface area contributed by atoms with Crippen LogP contribution in [0.2, 0.25) is 0 Å². The number of hydrogen-bond donors (Lipinski definition) is 3. The first-order chi connectivity index (χ1) is 17.8. The van der Waals surface area contributed by atoms with E-state index >= 15 is 0 Å². The molecule has 1 aromatic rings. The Morgan fingerprint density at radius 1 is 1.29 bits per heavy atom. The molecular formula is C28H35NO9. The molecular weight excluding hydrogens is 494 g/mol. The summed E-state index contributed by atoms with van der Waals surface area (Å²) < 4.78 is 16.7. The highest BCUT2D eigenvalue weighted by Crippen LogP contribution is 2.64. The average molecular weight is 530 g/mol. The lowest BCUT2D eigenvalue weighted by Gasteiger charge is -2.66. The van der Waals surface area contributed by atoms with Gasteiger partial charge < -0.3 is 29.5 Å². The van der Waals surface area contributed by atoms with Crippen LogP contribution >= 0.6 is 0 Å². The van der Waals surface area contributed by atoms with Crippen LogP contribution in [0, 0.1) is 16.7 Å². The number of hydrogen-bond acceptors (Lipinski definition) is 10. The Labute approximate surface area is 221 Å². The van der Waals surface area contributed by atoms with Crippen molar-refractivity contribution in [2.24, 2.45) is 16.7 Å². The fourth-order valence-electron chi connectivity index (χ4n) is 6.69. The minimum Gasteiger partial charge on any atom is -0.502 e. The van der Waals surface area contributed by atoms with Gasteiger partial charge in [0.15, 0.2) is 0 Å². The van der Waals surface area contributed by atoms with E-state index in [1.54, 1.807) is 19.1 Å². The number of aliphatic hydroxyl groups is 3. The molecule has 7 atom stereocenters. The number of carbonyl (C=O) groups is 3. The first-order valence-electron chi connectivity index (χ1n) is 12.7. The van der Waals surface area contributed by atoms with Crippen LogP contribution in [0.15, 0.2) is 47.5 Å². The zero-order valence-corrected chi connectivity index (χ0v) is 22.3. The molecule has 3 N–H and O–H groups in total. The largest absolute Gasteiger partial charge is 0.502 e. The third-order valence-corrected chi connectivity index (χ3v) is 9.19. The van der Waals surface area contributed by atoms with E-state index in [1.807, 2.05) is 19.9 Å². The molecule has 10 heteroatoms. The summed E-state index contributed by atoms with van der Waals surface area (Å²) in [6.07, 6.45) is 2.23. The molecule has 0 radical (unpaired) electrons. The molecule has 3 aliphatic rings. The molecule has 1 saturated carbocycles. The van der Waals surface area contributed by atoms with Gasteiger partial charge in [0.25, 0.3) is 0 Å². The van der Waals surface area contributed by atoms with E-state index in [0.29, 0.717) is 12.8 Å². The van der Waals surface area contributed by atoms with Crippen molar-refractivity contribution in [3.05, 3.63) is 53.1 Å². The third kappa shape index (κ3) is 4.19. The maximum absolute atomic E-state index is 13.1. The molecule has 10 nitrogen and oxygen atoms in total. The van der Waals surface area contributed by atoms with E-state index in [4.69, 9.17) is 14.2 Å². The third-order valence-electron chi connectivity index (χ3n) is 9.19. The van der Waals surface area contributed by atoms with Gasteiger partial charge in [-0.3, -0.25) is 9.78 Å². The number of nitrogens with zero attached hydrogens (tertiary/aromatic N) is 1. The molecule has 0 amide bonds. The molecule has 0 aromatic carbocycles. The zero-order chi connectivity index (χ0) is 28.0. The van der Waals surface area contributed by atoms with E-state index in [0.717, 1.165) is 5.57 Å². The van der Waals surface area contributed by atoms with Gasteiger partial charge in [-0.2, -0.15) is 0 Å². The number of ether oxygens (including phenoxy) is 3. The Kier molecular flexibility index (Phi) is 7.18. The molecule has 0 unspecified atom stereocenters. The van der Waals surface area contributed by atoms with Crippen molar-refractivity contribution in [1.29, 1.82) is 0 Å². The van der Waals surface area contributed by atoms with Crippen LogP contribution in [0.25, 0.3) is 0 Å². The second-order valence-corrected chi connectivity index (χ2v) is 11.1. The normalized spacial score (nSPS) is 35.6. The molecule has 38 heavy (non-hydrogen) atoms. The summed E-state index contributed by atoms with van der Waals surface area (Å²) in [5.41, 5.74) is -2.89. The van der Waals surface area contributed by atoms with Crippen molar-refractivity contribution in [2.45, 2.75) is 77.8 Å². The highest BCUT2D eigenvalue weighted by molar-refractivity contribution is 5.89. The zero-order valence-electron chi connectivity index (χ0n) is 22.3. The van der Waals surface area contributed by atoms with Gasteiger partial charge in [0.1, 0.15) is 30.5 Å². The maximum Gasteiger partial charge on any atom is 0.373 e. The van der Waals surface area contributed by atoms with Crippen LogP contribution in [0.3, 0.4) is 0 Å². The summed E-state index contributed by atoms with van der Waals surface area (Å²) in [4.78, 5) is 41.2. The number of rotatable bonds is 6. The van der Waals surface area contributed by atoms with Gasteiger partial charge in [0.2, 0.25) is 5.76 Å². The van der Waals surface area contributed by atoms with E-state index in [-0.39, 0.29) is 24.2 Å². The van der Waals surface area contributed by atoms with Gasteiger partial charge in [-0.05, 0) is 44.7 Å². The summed E-state index contributed by atoms with van der Waals surface area (Å²) in [5, 5.41) is 34.1. The fraction of sp³-hybridized carbons (Fsp3) is 0.571. The number of carbonyl (C=O) groups excluding carboxylic acids is 3. The highest BCUT2D eigenvalue weighted by atomic mass is 16.6. The summed E-state index contributed by atoms with van der Waals surface area (Å²) in [6.45, 7) is 8.01. The predicted octanol–water partition coefficient (Wildman–Crippen LogP) is 2.79. The second kappa shape index (κ2) is 9.81. The fourth-order valence-corrected chi connectivity index (χ4v) is 6.69. The molecule has 1 fully saturated rings. The maximum atomic E-state index is 13.1. The van der Waals surface area contributed by atoms with E-state index in [2.05, 4.69) is 4.98 Å². The van der Waals surface area contributed by atoms with Crippen molar-refractivity contribution in [1.82, 2.24) is 4.98 Å². The molecule has 0 bridgehead atoms. The molecule has 1 aromatic heterocycles. The summed E-state index contributed by atoms with van der Waals surface area (Å²) in [6, 6.07) is 3.15. The number of pyridine rings is 1. The van der Waals surface area contributed by atoms with Crippen LogP contribution in [0.4, 0.5) is 0 Å². The average Bonchev–Trinajstić information content (AvgIpc) is 3.19. The van der Waals surface area contributed by atoms with Crippen molar-refractivity contribution in [3.8, 4) is 0 Å². The van der Waals surface area contributed by atoms with Crippen molar-refractivity contribution >= 4 is 17.9 Å². The molecule has 2 heterocycles. The molecule has 2 aliphatic carbocycles. The molecule has 206 valence electrons. The number of aliphatic hydroxyl groups excluding tert-OH is 2. The van der Waals surface area contributed by atoms with Crippen molar-refractivity contribution in [2.75, 3.05) is 6.61 Å². The summed E-state index contributed by atoms with van der Waals surface area (Å²) in [5.74, 6) is -3.18. The molecule has 0 spiro atoms. The van der Waals surface area contributed by atoms with Crippen LogP contribution in [-0.4, -0.2) is 68.7 Å². The Hall–Kier alpha value is -3.24. The van der Waals surface area contributed by atoms with Crippen molar-refractivity contribution < 1.29 is 43.9 Å². The lowest BCUT2D eigenvalue weighted by atomic mass is 9.43. The Bertz CT molecular complexity index is 1190. The van der Waals surface area contributed by atoms with E-state index in [1.165, 1.54) is 26.2 Å². The number of esters is 3. The second-order valence-electron chi connectivity index (χ2n) is 11.1. The Morgan fingerprint density at radius 3 is 2.58 bits per heavy atom. The lowest BCUT2D eigenvalue weighted by Crippen LogP contribution is -2.75. The van der Waals surface area contributed by atoms with Crippen LogP contribution < -0.4 is 0 Å². The monoisotopic (exact) mass is 529 g/mol. The van der Waals surface area contributed by atoms with Crippen LogP contribution in [0.5, 0.6) is 0 Å². The van der Waals surface area contributed by atoms with Crippen LogP contribution in [-0.2, 0) is 23.8 Å². The van der Waals surface area contributed by atoms with Crippen LogP contribution in [0.1, 0.15) is 64.2 Å². The van der Waals surface area contributed by atoms with Crippen molar-refractivity contribution in [3.63, 3.8) is 0 Å². The summed E-state index contributed by atoms with van der Waals surface area (Å²) >= 11 is 0. The first kappa shape index (κ1) is 27.8. The minimum absolute atomic E-state index is 0.0913. The van der Waals surface area contributed by atoms with Gasteiger partial charge >= 0.3 is 17.9 Å². The summed E-state index contributed by atoms with van der Waals surface area (Å²) in [7, 11) is 0. The predicted molar refractivity (Wildman–Crippen MR) is 134 cm³/mol. The quantitative estimate of drug-likeness (QED) is 0.285. The highest BCUT2D eigenvalue weighted by Gasteiger charge is 2.71. The van der Waals surface area contributed by atoms with Gasteiger partial charge in [0.05, 0.1) is 5.56 Å².